The molecule has 4 heterocycles. The standard InChI is InChI=1S/C22H17F4N5O2/c23-15-4-1-3-14(19-27-7-2-8-28-19)18(15)20(32)31-13-5-6-16(31)17(9-13)33-21-29-10-12(11-30-21)22(24,25)26/h1-4,7-8,10-11,13,16-17H,5-6,9H2/t13-,16+,17-/m1/s1. The molecule has 170 valence electrons. The molecule has 3 aromatic rings. The Hall–Kier alpha value is -3.63. The number of rotatable bonds is 4. The van der Waals surface area contributed by atoms with Crippen LogP contribution in [-0.4, -0.2) is 48.9 Å². The second kappa shape index (κ2) is 8.05. The van der Waals surface area contributed by atoms with Gasteiger partial charge in [-0.2, -0.15) is 13.2 Å². The summed E-state index contributed by atoms with van der Waals surface area (Å²) < 4.78 is 58.8. The molecule has 1 amide bonds. The van der Waals surface area contributed by atoms with E-state index in [1.807, 2.05) is 0 Å². The molecule has 0 aliphatic carbocycles. The number of carbonyl (C=O) groups excluding carboxylic acids is 1. The first-order valence-corrected chi connectivity index (χ1v) is 10.3. The summed E-state index contributed by atoms with van der Waals surface area (Å²) in [7, 11) is 0. The number of alkyl halides is 3. The maximum absolute atomic E-state index is 14.8. The molecule has 0 spiro atoms. The minimum atomic E-state index is -4.55. The summed E-state index contributed by atoms with van der Waals surface area (Å²) in [5, 5.41) is 0. The minimum Gasteiger partial charge on any atom is -0.458 e. The first-order chi connectivity index (χ1) is 15.8. The maximum atomic E-state index is 14.8. The molecule has 5 rings (SSSR count). The highest BCUT2D eigenvalue weighted by Gasteiger charge is 2.51. The molecule has 2 fully saturated rings. The van der Waals surface area contributed by atoms with Gasteiger partial charge in [0.1, 0.15) is 11.9 Å². The number of nitrogens with zero attached hydrogens (tertiary/aromatic N) is 5. The Labute approximate surface area is 185 Å². The van der Waals surface area contributed by atoms with Gasteiger partial charge in [-0.05, 0) is 25.0 Å². The molecular weight excluding hydrogens is 442 g/mol. The zero-order valence-electron chi connectivity index (χ0n) is 17.0. The number of hydrogen-bond donors (Lipinski definition) is 0. The van der Waals surface area contributed by atoms with Gasteiger partial charge in [-0.25, -0.2) is 24.3 Å². The predicted octanol–water partition coefficient (Wildman–Crippen LogP) is 3.92. The van der Waals surface area contributed by atoms with E-state index in [0.29, 0.717) is 25.2 Å². The lowest BCUT2D eigenvalue weighted by Crippen LogP contribution is -2.40. The van der Waals surface area contributed by atoms with Gasteiger partial charge in [-0.1, -0.05) is 12.1 Å². The predicted molar refractivity (Wildman–Crippen MR) is 106 cm³/mol. The minimum absolute atomic E-state index is 0.118. The van der Waals surface area contributed by atoms with Crippen molar-refractivity contribution in [3.63, 3.8) is 0 Å². The second-order valence-corrected chi connectivity index (χ2v) is 7.89. The molecular formula is C22H17F4N5O2. The zero-order chi connectivity index (χ0) is 23.2. The molecule has 2 aliphatic rings. The molecule has 0 unspecified atom stereocenters. The fraction of sp³-hybridized carbons (Fsp3) is 0.318. The fourth-order valence-electron chi connectivity index (χ4n) is 4.53. The van der Waals surface area contributed by atoms with E-state index in [1.165, 1.54) is 24.5 Å². The largest absolute Gasteiger partial charge is 0.458 e. The normalized spacial score (nSPS) is 21.9. The number of fused-ring (bicyclic) bond motifs is 2. The molecule has 2 bridgehead atoms. The van der Waals surface area contributed by atoms with Crippen LogP contribution in [0.2, 0.25) is 0 Å². The summed E-state index contributed by atoms with van der Waals surface area (Å²) >= 11 is 0. The molecule has 7 nitrogen and oxygen atoms in total. The van der Waals surface area contributed by atoms with E-state index in [-0.39, 0.29) is 35.0 Å². The Balaban J connectivity index is 1.39. The maximum Gasteiger partial charge on any atom is 0.419 e. The van der Waals surface area contributed by atoms with Gasteiger partial charge >= 0.3 is 12.2 Å². The summed E-state index contributed by atoms with van der Waals surface area (Å²) in [4.78, 5) is 30.7. The Morgan fingerprint density at radius 1 is 1.03 bits per heavy atom. The van der Waals surface area contributed by atoms with Crippen molar-refractivity contribution in [1.29, 1.82) is 0 Å². The lowest BCUT2D eigenvalue weighted by molar-refractivity contribution is -0.138. The van der Waals surface area contributed by atoms with Crippen LogP contribution in [0.3, 0.4) is 0 Å². The first kappa shape index (κ1) is 21.2. The first-order valence-electron chi connectivity index (χ1n) is 10.3. The van der Waals surface area contributed by atoms with Crippen LogP contribution in [0, 0.1) is 5.82 Å². The number of aromatic nitrogens is 4. The number of benzene rings is 1. The molecule has 11 heteroatoms. The van der Waals surface area contributed by atoms with E-state index in [1.54, 1.807) is 17.0 Å². The summed E-state index contributed by atoms with van der Waals surface area (Å²) in [6.45, 7) is 0. The third kappa shape index (κ3) is 3.87. The summed E-state index contributed by atoms with van der Waals surface area (Å²) in [5.41, 5.74) is -0.808. The van der Waals surface area contributed by atoms with Gasteiger partial charge < -0.3 is 9.64 Å². The fourth-order valence-corrected chi connectivity index (χ4v) is 4.53. The highest BCUT2D eigenvalue weighted by atomic mass is 19.4. The van der Waals surface area contributed by atoms with Gasteiger partial charge in [0.15, 0.2) is 5.82 Å². The van der Waals surface area contributed by atoms with Crippen LogP contribution in [0.1, 0.15) is 35.2 Å². The van der Waals surface area contributed by atoms with Crippen LogP contribution in [0.4, 0.5) is 17.6 Å². The van der Waals surface area contributed by atoms with Crippen LogP contribution in [0.15, 0.2) is 49.1 Å². The van der Waals surface area contributed by atoms with Gasteiger partial charge in [-0.3, -0.25) is 4.79 Å². The van der Waals surface area contributed by atoms with E-state index in [0.717, 1.165) is 6.42 Å². The van der Waals surface area contributed by atoms with Crippen molar-refractivity contribution in [2.24, 2.45) is 0 Å². The van der Waals surface area contributed by atoms with Gasteiger partial charge in [0, 0.05) is 42.8 Å². The van der Waals surface area contributed by atoms with E-state index in [2.05, 4.69) is 19.9 Å². The van der Waals surface area contributed by atoms with Gasteiger partial charge in [0.25, 0.3) is 5.91 Å². The van der Waals surface area contributed by atoms with Crippen molar-refractivity contribution >= 4 is 5.91 Å². The second-order valence-electron chi connectivity index (χ2n) is 7.89. The van der Waals surface area contributed by atoms with Gasteiger partial charge in [0.05, 0.1) is 17.2 Å². The van der Waals surface area contributed by atoms with Crippen LogP contribution in [0.5, 0.6) is 6.01 Å². The van der Waals surface area contributed by atoms with Crippen LogP contribution < -0.4 is 4.74 Å². The average Bonchev–Trinajstić information content (AvgIpc) is 3.37. The number of carbonyl (C=O) groups is 1. The lowest BCUT2D eigenvalue weighted by Gasteiger charge is -2.25. The Kier molecular flexibility index (Phi) is 5.18. The Morgan fingerprint density at radius 3 is 2.45 bits per heavy atom. The molecule has 2 aliphatic heterocycles. The molecule has 3 atom stereocenters. The van der Waals surface area contributed by atoms with Crippen molar-refractivity contribution in [3.05, 3.63) is 66.0 Å². The highest BCUT2D eigenvalue weighted by Crippen LogP contribution is 2.41. The Bertz CT molecular complexity index is 1170. The van der Waals surface area contributed by atoms with E-state index in [4.69, 9.17) is 4.74 Å². The molecule has 0 N–H and O–H groups in total. The third-order valence-electron chi connectivity index (χ3n) is 5.96. The third-order valence-corrected chi connectivity index (χ3v) is 5.96. The van der Waals surface area contributed by atoms with Crippen molar-refractivity contribution < 1.29 is 27.1 Å². The quantitative estimate of drug-likeness (QED) is 0.551. The van der Waals surface area contributed by atoms with E-state index < -0.39 is 29.6 Å². The number of ether oxygens (including phenoxy) is 1. The monoisotopic (exact) mass is 459 g/mol. The van der Waals surface area contributed by atoms with Gasteiger partial charge in [-0.15, -0.1) is 0 Å². The topological polar surface area (TPSA) is 81.1 Å². The molecule has 0 saturated carbocycles. The average molecular weight is 459 g/mol. The zero-order valence-corrected chi connectivity index (χ0v) is 17.0. The number of hydrogen-bond acceptors (Lipinski definition) is 6. The lowest BCUT2D eigenvalue weighted by atomic mass is 9.98. The van der Waals surface area contributed by atoms with Crippen molar-refractivity contribution in [1.82, 2.24) is 24.8 Å². The van der Waals surface area contributed by atoms with Crippen molar-refractivity contribution in [3.8, 4) is 17.4 Å². The Morgan fingerprint density at radius 2 is 1.76 bits per heavy atom. The highest BCUT2D eigenvalue weighted by molar-refractivity contribution is 6.01. The molecule has 0 radical (unpaired) electrons. The van der Waals surface area contributed by atoms with Crippen LogP contribution >= 0.6 is 0 Å². The molecule has 1 aromatic carbocycles. The summed E-state index contributed by atoms with van der Waals surface area (Å²) in [6.07, 6.45) is 1.06. The van der Waals surface area contributed by atoms with Gasteiger partial charge in [0.2, 0.25) is 0 Å². The van der Waals surface area contributed by atoms with Crippen LogP contribution in [0.25, 0.3) is 11.4 Å². The smallest absolute Gasteiger partial charge is 0.419 e. The summed E-state index contributed by atoms with van der Waals surface area (Å²) in [5.74, 6) is -0.944. The van der Waals surface area contributed by atoms with E-state index >= 15 is 0 Å². The number of halogens is 4. The SMILES string of the molecule is O=C(c1c(F)cccc1-c1ncccn1)N1[C@@H]2CC[C@H]1[C@H](Oc1ncc(C(F)(F)F)cn1)C2. The van der Waals surface area contributed by atoms with Crippen LogP contribution in [-0.2, 0) is 6.18 Å². The summed E-state index contributed by atoms with van der Waals surface area (Å²) in [6, 6.07) is 5.15. The molecule has 2 saturated heterocycles. The molecule has 33 heavy (non-hydrogen) atoms. The van der Waals surface area contributed by atoms with E-state index in [9.17, 15) is 22.4 Å². The van der Waals surface area contributed by atoms with Crippen molar-refractivity contribution in [2.45, 2.75) is 43.6 Å². The number of amides is 1. The van der Waals surface area contributed by atoms with Crippen molar-refractivity contribution in [2.75, 3.05) is 0 Å². The molecule has 2 aromatic heterocycles.